The zero-order valence-corrected chi connectivity index (χ0v) is 16.2. The quantitative estimate of drug-likeness (QED) is 0.776. The average Bonchev–Trinajstić information content (AvgIpc) is 3.21. The summed E-state index contributed by atoms with van der Waals surface area (Å²) in [6.45, 7) is 2.91. The molecule has 142 valence electrons. The summed E-state index contributed by atoms with van der Waals surface area (Å²) in [5.41, 5.74) is 1.58. The lowest BCUT2D eigenvalue weighted by atomic mass is 10.1. The summed E-state index contributed by atoms with van der Waals surface area (Å²) in [5, 5.41) is 2.78. The van der Waals surface area contributed by atoms with Crippen LogP contribution in [0.3, 0.4) is 0 Å². The van der Waals surface area contributed by atoms with Gasteiger partial charge in [0.2, 0.25) is 0 Å². The summed E-state index contributed by atoms with van der Waals surface area (Å²) in [7, 11) is 0. The van der Waals surface area contributed by atoms with E-state index >= 15 is 0 Å². The molecule has 1 aliphatic rings. The molecule has 0 aliphatic carbocycles. The van der Waals surface area contributed by atoms with Gasteiger partial charge in [-0.3, -0.25) is 9.59 Å². The second kappa shape index (κ2) is 9.04. The monoisotopic (exact) mass is 386 g/mol. The van der Waals surface area contributed by atoms with Crippen molar-refractivity contribution in [1.82, 2.24) is 9.88 Å². The number of carbonyl (C=O) groups excluding carboxylic acids is 1. The topological polar surface area (TPSA) is 51.1 Å². The number of aromatic nitrogens is 1. The number of halogens is 1. The molecule has 0 fully saturated rings. The number of rotatable bonds is 7. The van der Waals surface area contributed by atoms with Crippen molar-refractivity contribution >= 4 is 22.6 Å². The van der Waals surface area contributed by atoms with Crippen LogP contribution in [0.2, 0.25) is 0 Å². The Bertz CT molecular complexity index is 903. The Hall–Kier alpha value is -2.34. The number of allylic oxidation sites excluding steroid dienone is 1. The van der Waals surface area contributed by atoms with Gasteiger partial charge in [0.05, 0.1) is 0 Å². The van der Waals surface area contributed by atoms with E-state index in [9.17, 15) is 14.0 Å². The Labute approximate surface area is 162 Å². The van der Waals surface area contributed by atoms with Gasteiger partial charge in [0.15, 0.2) is 0 Å². The number of hydrogen-bond donors (Lipinski definition) is 1. The van der Waals surface area contributed by atoms with Gasteiger partial charge in [-0.05, 0) is 36.6 Å². The number of aryl methyl sites for hydroxylation is 1. The smallest absolute Gasteiger partial charge is 0.263 e. The van der Waals surface area contributed by atoms with Crippen molar-refractivity contribution in [3.8, 4) is 0 Å². The normalized spacial score (nSPS) is 13.5. The zero-order chi connectivity index (χ0) is 19.2. The minimum Gasteiger partial charge on any atom is -0.348 e. The van der Waals surface area contributed by atoms with Gasteiger partial charge in [-0.1, -0.05) is 31.6 Å². The molecule has 0 saturated heterocycles. The molecule has 2 heterocycles. The van der Waals surface area contributed by atoms with E-state index in [2.05, 4.69) is 18.3 Å². The summed E-state index contributed by atoms with van der Waals surface area (Å²) in [6, 6.07) is 7.62. The van der Waals surface area contributed by atoms with Crippen LogP contribution < -0.4 is 10.9 Å². The molecular formula is C21H23FN2O2S. The molecule has 0 radical (unpaired) electrons. The lowest BCUT2D eigenvalue weighted by Crippen LogP contribution is -2.33. The summed E-state index contributed by atoms with van der Waals surface area (Å²) < 4.78 is 14.6. The van der Waals surface area contributed by atoms with E-state index in [1.54, 1.807) is 34.5 Å². The molecule has 3 rings (SSSR count). The van der Waals surface area contributed by atoms with Crippen LogP contribution in [0.15, 0.2) is 47.4 Å². The van der Waals surface area contributed by atoms with Crippen molar-refractivity contribution in [2.45, 2.75) is 39.3 Å². The highest BCUT2D eigenvalue weighted by Gasteiger charge is 2.17. The predicted molar refractivity (Wildman–Crippen MR) is 108 cm³/mol. The first-order valence-electron chi connectivity index (χ1n) is 9.19. The molecule has 1 N–H and O–H groups in total. The molecule has 0 atom stereocenters. The van der Waals surface area contributed by atoms with E-state index in [-0.39, 0.29) is 23.5 Å². The largest absolute Gasteiger partial charge is 0.348 e. The fourth-order valence-electron chi connectivity index (χ4n) is 2.93. The number of benzene rings is 1. The molecule has 2 aromatic rings. The van der Waals surface area contributed by atoms with Gasteiger partial charge in [0.1, 0.15) is 11.4 Å². The molecule has 0 unspecified atom stereocenters. The highest BCUT2D eigenvalue weighted by atomic mass is 32.2. The Kier molecular flexibility index (Phi) is 6.50. The number of carbonyl (C=O) groups is 1. The van der Waals surface area contributed by atoms with Gasteiger partial charge in [-0.25, -0.2) is 4.39 Å². The van der Waals surface area contributed by atoms with Gasteiger partial charge >= 0.3 is 0 Å². The van der Waals surface area contributed by atoms with Crippen LogP contribution >= 0.6 is 11.8 Å². The van der Waals surface area contributed by atoms with E-state index in [0.29, 0.717) is 6.54 Å². The number of pyridine rings is 1. The minimum absolute atomic E-state index is 0.152. The summed E-state index contributed by atoms with van der Waals surface area (Å²) in [6.07, 6.45) is 6.86. The van der Waals surface area contributed by atoms with Gasteiger partial charge in [-0.15, -0.1) is 11.8 Å². The van der Waals surface area contributed by atoms with Crippen molar-refractivity contribution in [3.63, 3.8) is 0 Å². The summed E-state index contributed by atoms with van der Waals surface area (Å²) >= 11 is 1.74. The molecule has 1 amide bonds. The highest BCUT2D eigenvalue weighted by molar-refractivity contribution is 8.08. The Balaban J connectivity index is 1.85. The maximum absolute atomic E-state index is 13.0. The third kappa shape index (κ3) is 4.89. The Morgan fingerprint density at radius 3 is 2.74 bits per heavy atom. The molecule has 1 aromatic heterocycles. The second-order valence-electron chi connectivity index (χ2n) is 6.51. The van der Waals surface area contributed by atoms with Crippen LogP contribution in [0.25, 0.3) is 4.91 Å². The lowest BCUT2D eigenvalue weighted by molar-refractivity contribution is 0.0948. The van der Waals surface area contributed by atoms with Gasteiger partial charge in [-0.2, -0.15) is 0 Å². The molecule has 0 bridgehead atoms. The number of hydrogen-bond acceptors (Lipinski definition) is 3. The van der Waals surface area contributed by atoms with E-state index in [4.69, 9.17) is 0 Å². The zero-order valence-electron chi connectivity index (χ0n) is 15.3. The number of nitrogens with one attached hydrogen (secondary N) is 1. The first-order chi connectivity index (χ1) is 13.1. The third-order valence-electron chi connectivity index (χ3n) is 4.44. The van der Waals surface area contributed by atoms with Crippen molar-refractivity contribution in [3.05, 3.63) is 75.5 Å². The summed E-state index contributed by atoms with van der Waals surface area (Å²) in [5.74, 6) is 0.300. The van der Waals surface area contributed by atoms with E-state index in [1.165, 1.54) is 12.1 Å². The molecule has 1 aliphatic heterocycles. The first kappa shape index (κ1) is 19.4. The van der Waals surface area contributed by atoms with Crippen LogP contribution in [0, 0.1) is 5.82 Å². The maximum Gasteiger partial charge on any atom is 0.263 e. The maximum atomic E-state index is 13.0. The van der Waals surface area contributed by atoms with Crippen molar-refractivity contribution in [2.24, 2.45) is 0 Å². The SMILES string of the molecule is CCCCn1cc(C2=CCCS2)cc(C(=O)NCc2ccc(F)cc2)c1=O. The van der Waals surface area contributed by atoms with Crippen LogP contribution in [0.4, 0.5) is 4.39 Å². The molecule has 0 saturated carbocycles. The van der Waals surface area contributed by atoms with Crippen LogP contribution in [0.1, 0.15) is 47.7 Å². The van der Waals surface area contributed by atoms with E-state index in [0.717, 1.165) is 41.0 Å². The number of unbranched alkanes of at least 4 members (excludes halogenated alkanes) is 1. The second-order valence-corrected chi connectivity index (χ2v) is 7.65. The number of thioether (sulfide) groups is 1. The molecule has 6 heteroatoms. The van der Waals surface area contributed by atoms with Crippen LogP contribution in [0.5, 0.6) is 0 Å². The molecule has 0 spiro atoms. The van der Waals surface area contributed by atoms with Crippen molar-refractivity contribution < 1.29 is 9.18 Å². The van der Waals surface area contributed by atoms with Crippen molar-refractivity contribution in [1.29, 1.82) is 0 Å². The molecule has 4 nitrogen and oxygen atoms in total. The lowest BCUT2D eigenvalue weighted by Gasteiger charge is -2.12. The van der Waals surface area contributed by atoms with Gasteiger partial charge < -0.3 is 9.88 Å². The summed E-state index contributed by atoms with van der Waals surface area (Å²) in [4.78, 5) is 26.6. The van der Waals surface area contributed by atoms with E-state index in [1.807, 2.05) is 6.20 Å². The van der Waals surface area contributed by atoms with Gasteiger partial charge in [0.25, 0.3) is 11.5 Å². The third-order valence-corrected chi connectivity index (χ3v) is 5.59. The Morgan fingerprint density at radius 1 is 1.30 bits per heavy atom. The van der Waals surface area contributed by atoms with Crippen LogP contribution in [-0.2, 0) is 13.1 Å². The minimum atomic E-state index is -0.403. The molecule has 1 aromatic carbocycles. The Morgan fingerprint density at radius 2 is 2.07 bits per heavy atom. The van der Waals surface area contributed by atoms with Gasteiger partial charge in [0, 0.05) is 35.5 Å². The predicted octanol–water partition coefficient (Wildman–Crippen LogP) is 4.20. The first-order valence-corrected chi connectivity index (χ1v) is 10.2. The fraction of sp³-hybridized carbons (Fsp3) is 0.333. The standard InChI is InChI=1S/C21H23FN2O2S/c1-2-3-10-24-14-16(19-5-4-11-27-19)12-18(21(24)26)20(25)23-13-15-6-8-17(22)9-7-15/h5-9,12,14H,2-4,10-11,13H2,1H3,(H,23,25). The molecular weight excluding hydrogens is 363 g/mol. The molecule has 27 heavy (non-hydrogen) atoms. The number of amides is 1. The fourth-order valence-corrected chi connectivity index (χ4v) is 3.90. The average molecular weight is 386 g/mol. The highest BCUT2D eigenvalue weighted by Crippen LogP contribution is 2.33. The van der Waals surface area contributed by atoms with Crippen molar-refractivity contribution in [2.75, 3.05) is 5.75 Å². The van der Waals surface area contributed by atoms with Crippen LogP contribution in [-0.4, -0.2) is 16.2 Å². The number of nitrogens with zero attached hydrogens (tertiary/aromatic N) is 1. The van der Waals surface area contributed by atoms with E-state index < -0.39 is 5.91 Å².